The van der Waals surface area contributed by atoms with Gasteiger partial charge in [0.15, 0.2) is 17.3 Å². The van der Waals surface area contributed by atoms with E-state index in [-0.39, 0.29) is 28.8 Å². The minimum Gasteiger partial charge on any atom is -0.507 e. The largest absolute Gasteiger partial charge is 0.507 e. The zero-order chi connectivity index (χ0) is 22.7. The molecule has 0 radical (unpaired) electrons. The van der Waals surface area contributed by atoms with Crippen LogP contribution in [0.1, 0.15) is 62.4 Å². The first-order valence-electron chi connectivity index (χ1n) is 9.80. The molecule has 31 heavy (non-hydrogen) atoms. The molecule has 2 atom stereocenters. The number of anilines is 1. The number of aliphatic hydroxyl groups excluding tert-OH is 1. The number of phenols is 2. The first-order valence-corrected chi connectivity index (χ1v) is 9.80. The van der Waals surface area contributed by atoms with Gasteiger partial charge in [-0.2, -0.15) is 0 Å². The van der Waals surface area contributed by atoms with Crippen LogP contribution in [-0.4, -0.2) is 56.5 Å². The molecule has 0 heterocycles. The Morgan fingerprint density at radius 2 is 1.84 bits per heavy atom. The maximum atomic E-state index is 13.4. The van der Waals surface area contributed by atoms with Crippen LogP contribution in [0.5, 0.6) is 11.5 Å². The number of phenolic OH excluding ortho intramolecular Hbond substituents is 2. The molecular weight excluding hydrogens is 404 g/mol. The van der Waals surface area contributed by atoms with Crippen LogP contribution in [0.2, 0.25) is 0 Å². The first kappa shape index (κ1) is 21.0. The molecule has 2 aliphatic rings. The number of aromatic hydroxyl groups is 2. The van der Waals surface area contributed by atoms with Gasteiger partial charge >= 0.3 is 0 Å². The van der Waals surface area contributed by atoms with Gasteiger partial charge in [-0.25, -0.2) is 0 Å². The molecule has 2 aliphatic carbocycles. The number of carbonyl (C=O) groups excluding carboxylic acids is 3. The predicted molar refractivity (Wildman–Crippen MR) is 110 cm³/mol. The van der Waals surface area contributed by atoms with Crippen LogP contribution in [-0.2, 0) is 11.2 Å². The third-order valence-corrected chi connectivity index (χ3v) is 6.03. The maximum Gasteiger partial charge on any atom is 0.200 e. The molecule has 162 valence electrons. The third-order valence-electron chi connectivity index (χ3n) is 6.03. The van der Waals surface area contributed by atoms with Crippen molar-refractivity contribution in [2.45, 2.75) is 31.5 Å². The summed E-state index contributed by atoms with van der Waals surface area (Å²) in [5.74, 6) is -3.29. The van der Waals surface area contributed by atoms with E-state index >= 15 is 0 Å². The van der Waals surface area contributed by atoms with Crippen molar-refractivity contribution in [2.75, 3.05) is 18.4 Å². The Kier molecular flexibility index (Phi) is 4.84. The summed E-state index contributed by atoms with van der Waals surface area (Å²) < 4.78 is 0. The molecular formula is C22H22N2O7. The van der Waals surface area contributed by atoms with Crippen LogP contribution in [0.15, 0.2) is 18.2 Å². The van der Waals surface area contributed by atoms with E-state index in [1.54, 1.807) is 12.1 Å². The van der Waals surface area contributed by atoms with Gasteiger partial charge in [0.1, 0.15) is 17.1 Å². The van der Waals surface area contributed by atoms with Gasteiger partial charge < -0.3 is 31.5 Å². The highest BCUT2D eigenvalue weighted by Crippen LogP contribution is 2.50. The molecule has 0 aliphatic heterocycles. The Morgan fingerprint density at radius 3 is 2.48 bits per heavy atom. The second-order valence-electron chi connectivity index (χ2n) is 7.93. The Morgan fingerprint density at radius 1 is 1.16 bits per heavy atom. The standard InChI is InChI=1S/C22H22N2O7/c1-9(25)22(31)7-11-15(13(26)8-22)21(30)17-16(19(11)28)18(27)10-3-2-4-12(24-6-5-23)14(10)20(17)29/h2-4,13,24,26,28,30-31H,5-8,23H2,1H3. The maximum absolute atomic E-state index is 13.4. The predicted octanol–water partition coefficient (Wildman–Crippen LogP) is 0.543. The number of ketones is 3. The van der Waals surface area contributed by atoms with E-state index in [9.17, 15) is 34.8 Å². The number of aliphatic hydroxyl groups is 2. The van der Waals surface area contributed by atoms with Crippen molar-refractivity contribution in [3.8, 4) is 11.5 Å². The van der Waals surface area contributed by atoms with Gasteiger partial charge in [-0.3, -0.25) is 14.4 Å². The number of Topliss-reactive ketones (excluding diaryl/α,β-unsaturated/α-hetero) is 1. The molecule has 0 saturated heterocycles. The van der Waals surface area contributed by atoms with Gasteiger partial charge in [-0.15, -0.1) is 0 Å². The molecule has 7 N–H and O–H groups in total. The molecule has 9 heteroatoms. The lowest BCUT2D eigenvalue weighted by atomic mass is 9.72. The van der Waals surface area contributed by atoms with Crippen LogP contribution < -0.4 is 11.1 Å². The fraction of sp³-hybridized carbons (Fsp3) is 0.318. The van der Waals surface area contributed by atoms with Crippen LogP contribution >= 0.6 is 0 Å². The van der Waals surface area contributed by atoms with E-state index < -0.39 is 64.5 Å². The Bertz CT molecular complexity index is 1160. The fourth-order valence-corrected chi connectivity index (χ4v) is 4.43. The van der Waals surface area contributed by atoms with Gasteiger partial charge in [0.05, 0.1) is 22.8 Å². The lowest BCUT2D eigenvalue weighted by Crippen LogP contribution is -2.44. The summed E-state index contributed by atoms with van der Waals surface area (Å²) in [6.45, 7) is 1.77. The summed E-state index contributed by atoms with van der Waals surface area (Å²) in [5, 5.41) is 46.0. The topological polar surface area (TPSA) is 170 Å². The number of benzene rings is 2. The number of rotatable bonds is 4. The van der Waals surface area contributed by atoms with Crippen LogP contribution in [0.25, 0.3) is 0 Å². The number of hydrogen-bond acceptors (Lipinski definition) is 9. The fourth-order valence-electron chi connectivity index (χ4n) is 4.43. The van der Waals surface area contributed by atoms with Crippen molar-refractivity contribution in [3.63, 3.8) is 0 Å². The van der Waals surface area contributed by atoms with E-state index in [0.717, 1.165) is 6.92 Å². The van der Waals surface area contributed by atoms with E-state index in [4.69, 9.17) is 5.73 Å². The zero-order valence-corrected chi connectivity index (χ0v) is 16.7. The lowest BCUT2D eigenvalue weighted by Gasteiger charge is -2.36. The molecule has 0 bridgehead atoms. The van der Waals surface area contributed by atoms with Crippen molar-refractivity contribution in [1.82, 2.24) is 0 Å². The van der Waals surface area contributed by atoms with Crippen LogP contribution in [0, 0.1) is 0 Å². The van der Waals surface area contributed by atoms with Gasteiger partial charge in [-0.1, -0.05) is 12.1 Å². The van der Waals surface area contributed by atoms with Crippen molar-refractivity contribution in [1.29, 1.82) is 0 Å². The summed E-state index contributed by atoms with van der Waals surface area (Å²) in [6, 6.07) is 4.60. The molecule has 2 aromatic rings. The Labute approximate surface area is 177 Å². The monoisotopic (exact) mass is 426 g/mol. The third kappa shape index (κ3) is 2.93. The second kappa shape index (κ2) is 7.16. The highest BCUT2D eigenvalue weighted by molar-refractivity contribution is 6.32. The average molecular weight is 426 g/mol. The summed E-state index contributed by atoms with van der Waals surface area (Å²) in [7, 11) is 0. The highest BCUT2D eigenvalue weighted by Gasteiger charge is 2.47. The van der Waals surface area contributed by atoms with Gasteiger partial charge in [0.25, 0.3) is 0 Å². The zero-order valence-electron chi connectivity index (χ0n) is 16.7. The van der Waals surface area contributed by atoms with Gasteiger partial charge in [0.2, 0.25) is 0 Å². The highest BCUT2D eigenvalue weighted by atomic mass is 16.3. The summed E-state index contributed by atoms with van der Waals surface area (Å²) in [5.41, 5.74) is 2.84. The molecule has 0 fully saturated rings. The van der Waals surface area contributed by atoms with Crippen LogP contribution in [0.4, 0.5) is 5.69 Å². The van der Waals surface area contributed by atoms with E-state index in [2.05, 4.69) is 5.32 Å². The molecule has 0 saturated carbocycles. The van der Waals surface area contributed by atoms with Gasteiger partial charge in [-0.05, 0) is 13.0 Å². The van der Waals surface area contributed by atoms with E-state index in [1.165, 1.54) is 6.07 Å². The van der Waals surface area contributed by atoms with Crippen LogP contribution in [0.3, 0.4) is 0 Å². The molecule has 2 aromatic carbocycles. The minimum absolute atomic E-state index is 0.0346. The minimum atomic E-state index is -1.97. The van der Waals surface area contributed by atoms with E-state index in [1.807, 2.05) is 0 Å². The second-order valence-corrected chi connectivity index (χ2v) is 7.93. The number of carbonyl (C=O) groups is 3. The van der Waals surface area contributed by atoms with Gasteiger partial charge in [0, 0.05) is 48.3 Å². The van der Waals surface area contributed by atoms with E-state index in [0.29, 0.717) is 12.2 Å². The van der Waals surface area contributed by atoms with Crippen molar-refractivity contribution < 1.29 is 34.8 Å². The summed E-state index contributed by atoms with van der Waals surface area (Å²) in [6.07, 6.45) is -2.35. The van der Waals surface area contributed by atoms with Crippen molar-refractivity contribution in [3.05, 3.63) is 51.6 Å². The quantitative estimate of drug-likeness (QED) is 0.326. The van der Waals surface area contributed by atoms with Crippen molar-refractivity contribution in [2.24, 2.45) is 5.73 Å². The number of fused-ring (bicyclic) bond motifs is 3. The normalized spacial score (nSPS) is 21.9. The van der Waals surface area contributed by atoms with Crippen molar-refractivity contribution >= 4 is 23.0 Å². The Balaban J connectivity index is 1.97. The SMILES string of the molecule is CC(=O)C1(O)Cc2c(O)c3c(c(O)c2C(O)C1)C(=O)c1c(NCCN)cccc1C3=O. The number of nitrogens with one attached hydrogen (secondary N) is 1. The Hall–Kier alpha value is -3.27. The molecule has 9 nitrogen and oxygen atoms in total. The number of nitrogens with two attached hydrogens (primary N) is 1. The number of hydrogen-bond donors (Lipinski definition) is 6. The molecule has 0 aromatic heterocycles. The smallest absolute Gasteiger partial charge is 0.200 e. The average Bonchev–Trinajstić information content (AvgIpc) is 2.72. The molecule has 0 amide bonds. The molecule has 4 rings (SSSR count). The molecule has 0 spiro atoms. The lowest BCUT2D eigenvalue weighted by molar-refractivity contribution is -0.139. The first-order chi connectivity index (χ1) is 14.6. The molecule has 2 unspecified atom stereocenters. The summed E-state index contributed by atoms with van der Waals surface area (Å²) in [4.78, 5) is 38.5. The summed E-state index contributed by atoms with van der Waals surface area (Å²) >= 11 is 0.